The highest BCUT2D eigenvalue weighted by Gasteiger charge is 2.09. The van der Waals surface area contributed by atoms with Crippen LogP contribution in [-0.4, -0.2) is 22.0 Å². The van der Waals surface area contributed by atoms with E-state index >= 15 is 0 Å². The highest BCUT2D eigenvalue weighted by atomic mass is 16.5. The third kappa shape index (κ3) is 3.11. The Bertz CT molecular complexity index is 578. The highest BCUT2D eigenvalue weighted by Crippen LogP contribution is 2.28. The third-order valence-electron chi connectivity index (χ3n) is 3.07. The Morgan fingerprint density at radius 3 is 2.70 bits per heavy atom. The molecule has 0 unspecified atom stereocenters. The first-order valence-electron chi connectivity index (χ1n) is 6.61. The van der Waals surface area contributed by atoms with E-state index in [2.05, 4.69) is 5.10 Å². The van der Waals surface area contributed by atoms with Crippen LogP contribution < -0.4 is 9.47 Å². The molecule has 0 saturated carbocycles. The molecule has 0 fully saturated rings. The molecule has 0 radical (unpaired) electrons. The van der Waals surface area contributed by atoms with Crippen molar-refractivity contribution in [2.75, 3.05) is 7.11 Å². The van der Waals surface area contributed by atoms with E-state index in [-0.39, 0.29) is 6.61 Å². The number of rotatable bonds is 6. The van der Waals surface area contributed by atoms with Crippen LogP contribution in [0.15, 0.2) is 24.3 Å². The van der Waals surface area contributed by atoms with E-state index in [1.54, 1.807) is 19.2 Å². The summed E-state index contributed by atoms with van der Waals surface area (Å²) in [7, 11) is 1.60. The van der Waals surface area contributed by atoms with Gasteiger partial charge in [0.1, 0.15) is 6.61 Å². The van der Waals surface area contributed by atoms with Gasteiger partial charge in [-0.1, -0.05) is 6.07 Å². The number of methoxy groups -OCH3 is 1. The molecule has 0 atom stereocenters. The van der Waals surface area contributed by atoms with Crippen LogP contribution >= 0.6 is 0 Å². The minimum Gasteiger partial charge on any atom is -0.493 e. The van der Waals surface area contributed by atoms with Gasteiger partial charge in [-0.05, 0) is 37.6 Å². The minimum absolute atomic E-state index is 0.0215. The molecule has 0 amide bonds. The van der Waals surface area contributed by atoms with Crippen molar-refractivity contribution in [1.29, 1.82) is 0 Å². The maximum absolute atomic E-state index is 9.19. The molecule has 1 aromatic heterocycles. The number of nitrogens with zero attached hydrogens (tertiary/aromatic N) is 2. The molecular weight excluding hydrogens is 256 g/mol. The second-order valence-electron chi connectivity index (χ2n) is 4.52. The van der Waals surface area contributed by atoms with Crippen molar-refractivity contribution in [3.05, 3.63) is 41.2 Å². The molecule has 1 N–H and O–H groups in total. The number of aliphatic hydroxyl groups excluding tert-OH is 1. The average molecular weight is 276 g/mol. The topological polar surface area (TPSA) is 56.5 Å². The quantitative estimate of drug-likeness (QED) is 0.879. The van der Waals surface area contributed by atoms with E-state index in [1.165, 1.54) is 0 Å². The number of benzene rings is 1. The van der Waals surface area contributed by atoms with Gasteiger partial charge in [-0.15, -0.1) is 0 Å². The van der Waals surface area contributed by atoms with Crippen LogP contribution in [0.25, 0.3) is 0 Å². The molecule has 5 nitrogen and oxygen atoms in total. The van der Waals surface area contributed by atoms with E-state index in [4.69, 9.17) is 9.47 Å². The molecule has 1 aromatic carbocycles. The Hall–Kier alpha value is -2.01. The fourth-order valence-electron chi connectivity index (χ4n) is 2.07. The first-order chi connectivity index (χ1) is 9.67. The number of aliphatic hydroxyl groups is 1. The summed E-state index contributed by atoms with van der Waals surface area (Å²) >= 11 is 0. The zero-order valence-electron chi connectivity index (χ0n) is 12.1. The zero-order chi connectivity index (χ0) is 14.5. The first-order valence-corrected chi connectivity index (χ1v) is 6.61. The van der Waals surface area contributed by atoms with Gasteiger partial charge in [0.05, 0.1) is 25.1 Å². The van der Waals surface area contributed by atoms with Crippen molar-refractivity contribution in [2.45, 2.75) is 33.6 Å². The number of hydrogen-bond acceptors (Lipinski definition) is 4. The standard InChI is InChI=1S/C15H20N2O3/c1-4-17-13(7-11(2)16-17)10-20-15-8-12(9-18)5-6-14(15)19-3/h5-8,18H,4,9-10H2,1-3H3. The molecule has 2 rings (SSSR count). The molecule has 20 heavy (non-hydrogen) atoms. The van der Waals surface area contributed by atoms with Crippen molar-refractivity contribution >= 4 is 0 Å². The third-order valence-corrected chi connectivity index (χ3v) is 3.07. The monoisotopic (exact) mass is 276 g/mol. The molecule has 0 saturated heterocycles. The Labute approximate surface area is 118 Å². The highest BCUT2D eigenvalue weighted by molar-refractivity contribution is 5.42. The van der Waals surface area contributed by atoms with Crippen molar-refractivity contribution in [3.8, 4) is 11.5 Å². The molecule has 0 aliphatic carbocycles. The van der Waals surface area contributed by atoms with Crippen LogP contribution in [0.1, 0.15) is 23.9 Å². The van der Waals surface area contributed by atoms with E-state index in [9.17, 15) is 5.11 Å². The lowest BCUT2D eigenvalue weighted by Crippen LogP contribution is -2.06. The van der Waals surface area contributed by atoms with Gasteiger partial charge < -0.3 is 14.6 Å². The van der Waals surface area contributed by atoms with Crippen molar-refractivity contribution in [2.24, 2.45) is 0 Å². The molecule has 2 aromatic rings. The van der Waals surface area contributed by atoms with Gasteiger partial charge in [-0.3, -0.25) is 4.68 Å². The van der Waals surface area contributed by atoms with Crippen molar-refractivity contribution < 1.29 is 14.6 Å². The van der Waals surface area contributed by atoms with E-state index in [1.807, 2.05) is 30.7 Å². The summed E-state index contributed by atoms with van der Waals surface area (Å²) < 4.78 is 13.0. The van der Waals surface area contributed by atoms with Gasteiger partial charge in [-0.25, -0.2) is 0 Å². The largest absolute Gasteiger partial charge is 0.493 e. The van der Waals surface area contributed by atoms with Gasteiger partial charge in [0.2, 0.25) is 0 Å². The summed E-state index contributed by atoms with van der Waals surface area (Å²) in [6.45, 7) is 5.21. The number of aryl methyl sites for hydroxylation is 2. The van der Waals surface area contributed by atoms with Crippen molar-refractivity contribution in [1.82, 2.24) is 9.78 Å². The SMILES string of the molecule is CCn1nc(C)cc1COc1cc(CO)ccc1OC. The normalized spacial score (nSPS) is 10.6. The Morgan fingerprint density at radius 1 is 1.25 bits per heavy atom. The second-order valence-corrected chi connectivity index (χ2v) is 4.52. The second kappa shape index (κ2) is 6.43. The van der Waals surface area contributed by atoms with Gasteiger partial charge >= 0.3 is 0 Å². The van der Waals surface area contributed by atoms with Crippen LogP contribution in [0.4, 0.5) is 0 Å². The molecule has 0 aliphatic rings. The lowest BCUT2D eigenvalue weighted by atomic mass is 10.2. The molecular formula is C15H20N2O3. The molecule has 5 heteroatoms. The number of ether oxygens (including phenoxy) is 2. The van der Waals surface area contributed by atoms with Crippen LogP contribution in [0.3, 0.4) is 0 Å². The predicted octanol–water partition coefficient (Wildman–Crippen LogP) is 2.29. The summed E-state index contributed by atoms with van der Waals surface area (Å²) in [5.74, 6) is 1.28. The predicted molar refractivity (Wildman–Crippen MR) is 75.9 cm³/mol. The van der Waals surface area contributed by atoms with Crippen LogP contribution in [0, 0.1) is 6.92 Å². The summed E-state index contributed by atoms with van der Waals surface area (Å²) in [5.41, 5.74) is 2.78. The maximum Gasteiger partial charge on any atom is 0.162 e. The fourth-order valence-corrected chi connectivity index (χ4v) is 2.07. The number of aromatic nitrogens is 2. The molecule has 0 spiro atoms. The fraction of sp³-hybridized carbons (Fsp3) is 0.400. The molecule has 108 valence electrons. The van der Waals surface area contributed by atoms with Gasteiger partial charge in [-0.2, -0.15) is 5.10 Å². The van der Waals surface area contributed by atoms with E-state index < -0.39 is 0 Å². The van der Waals surface area contributed by atoms with E-state index in [0.29, 0.717) is 18.1 Å². The first kappa shape index (κ1) is 14.4. The summed E-state index contributed by atoms with van der Waals surface area (Å²) in [6.07, 6.45) is 0. The van der Waals surface area contributed by atoms with Crippen LogP contribution in [0.2, 0.25) is 0 Å². The Morgan fingerprint density at radius 2 is 2.05 bits per heavy atom. The number of hydrogen-bond donors (Lipinski definition) is 1. The van der Waals surface area contributed by atoms with Gasteiger partial charge in [0.25, 0.3) is 0 Å². The smallest absolute Gasteiger partial charge is 0.162 e. The van der Waals surface area contributed by atoms with E-state index in [0.717, 1.165) is 23.5 Å². The lowest BCUT2D eigenvalue weighted by Gasteiger charge is -2.12. The molecule has 0 bridgehead atoms. The van der Waals surface area contributed by atoms with Crippen LogP contribution in [0.5, 0.6) is 11.5 Å². The Kier molecular flexibility index (Phi) is 4.63. The average Bonchev–Trinajstić information content (AvgIpc) is 2.84. The van der Waals surface area contributed by atoms with Crippen LogP contribution in [-0.2, 0) is 19.8 Å². The zero-order valence-corrected chi connectivity index (χ0v) is 12.1. The molecule has 1 heterocycles. The van der Waals surface area contributed by atoms with Gasteiger partial charge in [0.15, 0.2) is 11.5 Å². The molecule has 0 aliphatic heterocycles. The summed E-state index contributed by atoms with van der Waals surface area (Å²) in [5, 5.41) is 13.6. The summed E-state index contributed by atoms with van der Waals surface area (Å²) in [6, 6.07) is 7.40. The van der Waals surface area contributed by atoms with Crippen molar-refractivity contribution in [3.63, 3.8) is 0 Å². The minimum atomic E-state index is -0.0215. The summed E-state index contributed by atoms with van der Waals surface area (Å²) in [4.78, 5) is 0. The van der Waals surface area contributed by atoms with Gasteiger partial charge in [0, 0.05) is 6.54 Å². The lowest BCUT2D eigenvalue weighted by molar-refractivity contribution is 0.266. The maximum atomic E-state index is 9.19. The Balaban J connectivity index is 2.17.